The lowest BCUT2D eigenvalue weighted by Crippen LogP contribution is -2.30. The van der Waals surface area contributed by atoms with Crippen molar-refractivity contribution in [1.82, 2.24) is 0 Å². The van der Waals surface area contributed by atoms with Crippen LogP contribution in [0.4, 0.5) is 35.1 Å². The minimum Gasteiger partial charge on any atom is -0.203 e. The summed E-state index contributed by atoms with van der Waals surface area (Å²) >= 11 is 0. The highest BCUT2D eigenvalue weighted by atomic mass is 31.1. The highest BCUT2D eigenvalue weighted by molar-refractivity contribution is 7.41. The van der Waals surface area contributed by atoms with Crippen molar-refractivity contribution in [2.45, 2.75) is 24.2 Å². The van der Waals surface area contributed by atoms with Gasteiger partial charge in [-0.15, -0.1) is 0 Å². The van der Waals surface area contributed by atoms with Crippen molar-refractivity contribution in [3.8, 4) is 0 Å². The Morgan fingerprint density at radius 1 is 0.692 bits per heavy atom. The molecule has 0 aliphatic carbocycles. The minimum absolute atomic E-state index is 3.12. The summed E-state index contributed by atoms with van der Waals surface area (Å²) in [6, 6.07) is 0. The average Bonchev–Trinajstić information content (AvgIpc) is 1.83. The summed E-state index contributed by atoms with van der Waals surface area (Å²) in [5.41, 5.74) is -10.1. The SMILES string of the molecule is FC(F)C(F)(F)PC(F)(F)C(F)F. The molecule has 0 aromatic rings. The van der Waals surface area contributed by atoms with Gasteiger partial charge in [-0.25, -0.2) is 17.6 Å². The summed E-state index contributed by atoms with van der Waals surface area (Å²) in [5, 5.41) is 0. The van der Waals surface area contributed by atoms with Crippen LogP contribution in [-0.4, -0.2) is 24.2 Å². The van der Waals surface area contributed by atoms with Gasteiger partial charge in [0.05, 0.1) is 0 Å². The van der Waals surface area contributed by atoms with Crippen molar-refractivity contribution in [2.75, 3.05) is 0 Å². The zero-order chi connectivity index (χ0) is 10.9. The number of rotatable bonds is 4. The van der Waals surface area contributed by atoms with E-state index in [2.05, 4.69) is 0 Å². The van der Waals surface area contributed by atoms with Gasteiger partial charge in [0.25, 0.3) is 0 Å². The van der Waals surface area contributed by atoms with E-state index in [1.54, 1.807) is 0 Å². The third-order valence-corrected chi connectivity index (χ3v) is 1.98. The van der Waals surface area contributed by atoms with Gasteiger partial charge >= 0.3 is 24.2 Å². The molecule has 0 aliphatic rings. The number of halogens is 8. The quantitative estimate of drug-likeness (QED) is 0.516. The molecule has 9 heteroatoms. The fourth-order valence-corrected chi connectivity index (χ4v) is 0.994. The van der Waals surface area contributed by atoms with Gasteiger partial charge in [0, 0.05) is 8.58 Å². The molecule has 0 bridgehead atoms. The molecule has 0 rings (SSSR count). The molecule has 0 unspecified atom stereocenters. The van der Waals surface area contributed by atoms with Gasteiger partial charge in [-0.2, -0.15) is 17.6 Å². The average molecular weight is 234 g/mol. The fourth-order valence-electron chi connectivity index (χ4n) is 0.331. The first-order valence-corrected chi connectivity index (χ1v) is 3.71. The third kappa shape index (κ3) is 3.62. The van der Waals surface area contributed by atoms with Crippen molar-refractivity contribution in [1.29, 1.82) is 0 Å². The maximum Gasteiger partial charge on any atom is 0.326 e. The van der Waals surface area contributed by atoms with Crippen LogP contribution in [0.15, 0.2) is 0 Å². The van der Waals surface area contributed by atoms with E-state index in [9.17, 15) is 35.1 Å². The van der Waals surface area contributed by atoms with Crippen LogP contribution in [0.1, 0.15) is 0 Å². The third-order valence-electron chi connectivity index (χ3n) is 0.881. The molecule has 0 saturated carbocycles. The summed E-state index contributed by atoms with van der Waals surface area (Å²) < 4.78 is 92.5. The summed E-state index contributed by atoms with van der Waals surface area (Å²) in [6.07, 6.45) is -8.73. The molecule has 0 aromatic carbocycles. The van der Waals surface area contributed by atoms with Crippen LogP contribution in [0.5, 0.6) is 0 Å². The summed E-state index contributed by atoms with van der Waals surface area (Å²) in [5.74, 6) is 0. The van der Waals surface area contributed by atoms with E-state index in [-0.39, 0.29) is 0 Å². The van der Waals surface area contributed by atoms with Crippen molar-refractivity contribution >= 4 is 8.58 Å². The smallest absolute Gasteiger partial charge is 0.203 e. The Hall–Kier alpha value is -0.130. The molecule has 0 N–H and O–H groups in total. The van der Waals surface area contributed by atoms with Crippen LogP contribution in [0.25, 0.3) is 0 Å². The number of hydrogen-bond donors (Lipinski definition) is 0. The van der Waals surface area contributed by atoms with E-state index < -0.39 is 32.8 Å². The Balaban J connectivity index is 4.42. The topological polar surface area (TPSA) is 0 Å². The Morgan fingerprint density at radius 3 is 1.08 bits per heavy atom. The standard InChI is InChI=1S/C4H3F8P/c5-1(6)3(9,10)13-4(11,12)2(7)8/h1-2,13H. The van der Waals surface area contributed by atoms with E-state index in [4.69, 9.17) is 0 Å². The summed E-state index contributed by atoms with van der Waals surface area (Å²) in [4.78, 5) is 0. The fraction of sp³-hybridized carbons (Fsp3) is 1.00. The van der Waals surface area contributed by atoms with Gasteiger partial charge in [0.2, 0.25) is 0 Å². The van der Waals surface area contributed by atoms with E-state index in [0.29, 0.717) is 0 Å². The highest BCUT2D eigenvalue weighted by Crippen LogP contribution is 2.53. The molecular weight excluding hydrogens is 231 g/mol. The van der Waals surface area contributed by atoms with E-state index in [0.717, 1.165) is 0 Å². The van der Waals surface area contributed by atoms with Crippen LogP contribution < -0.4 is 0 Å². The van der Waals surface area contributed by atoms with Gasteiger partial charge in [0.15, 0.2) is 0 Å². The van der Waals surface area contributed by atoms with Gasteiger partial charge in [0.1, 0.15) is 0 Å². The van der Waals surface area contributed by atoms with Crippen molar-refractivity contribution in [2.24, 2.45) is 0 Å². The lowest BCUT2D eigenvalue weighted by atomic mass is 10.7. The Bertz CT molecular complexity index is 148. The van der Waals surface area contributed by atoms with Gasteiger partial charge in [-0.3, -0.25) is 0 Å². The molecule has 80 valence electrons. The molecule has 0 spiro atoms. The molecule has 0 radical (unpaired) electrons. The van der Waals surface area contributed by atoms with Crippen LogP contribution in [0.2, 0.25) is 0 Å². The molecule has 0 heterocycles. The van der Waals surface area contributed by atoms with Crippen molar-refractivity contribution in [3.63, 3.8) is 0 Å². The molecule has 0 aromatic heterocycles. The predicted octanol–water partition coefficient (Wildman–Crippen LogP) is 3.38. The molecule has 13 heavy (non-hydrogen) atoms. The monoisotopic (exact) mass is 234 g/mol. The lowest BCUT2D eigenvalue weighted by molar-refractivity contribution is -0.0896. The zero-order valence-corrected chi connectivity index (χ0v) is 6.68. The molecule has 0 nitrogen and oxygen atoms in total. The second kappa shape index (κ2) is 3.94. The Kier molecular flexibility index (Phi) is 3.90. The minimum atomic E-state index is -5.07. The molecule has 0 amide bonds. The molecular formula is C4H3F8P. The summed E-state index contributed by atoms with van der Waals surface area (Å²) in [7, 11) is -3.12. The van der Waals surface area contributed by atoms with Crippen LogP contribution in [0, 0.1) is 0 Å². The molecule has 0 aliphatic heterocycles. The lowest BCUT2D eigenvalue weighted by Gasteiger charge is -2.21. The highest BCUT2D eigenvalue weighted by Gasteiger charge is 2.54. The first-order chi connectivity index (χ1) is 5.59. The zero-order valence-electron chi connectivity index (χ0n) is 5.68. The summed E-state index contributed by atoms with van der Waals surface area (Å²) in [6.45, 7) is 0. The Labute approximate surface area is 69.1 Å². The van der Waals surface area contributed by atoms with E-state index in [1.165, 1.54) is 0 Å². The first-order valence-electron chi connectivity index (χ1n) is 2.71. The van der Waals surface area contributed by atoms with Crippen molar-refractivity contribution in [3.05, 3.63) is 0 Å². The largest absolute Gasteiger partial charge is 0.326 e. The predicted molar refractivity (Wildman–Crippen MR) is 30.2 cm³/mol. The van der Waals surface area contributed by atoms with Crippen LogP contribution >= 0.6 is 8.58 Å². The van der Waals surface area contributed by atoms with Gasteiger partial charge < -0.3 is 0 Å². The maximum atomic E-state index is 11.9. The normalized spacial score (nSPS) is 14.3. The van der Waals surface area contributed by atoms with E-state index >= 15 is 0 Å². The maximum absolute atomic E-state index is 11.9. The van der Waals surface area contributed by atoms with E-state index in [1.807, 2.05) is 0 Å². The number of alkyl halides is 8. The molecule has 0 fully saturated rings. The second-order valence-electron chi connectivity index (χ2n) is 1.97. The second-order valence-corrected chi connectivity index (χ2v) is 3.56. The molecule has 0 atom stereocenters. The van der Waals surface area contributed by atoms with Crippen LogP contribution in [0.3, 0.4) is 0 Å². The number of hydrogen-bond acceptors (Lipinski definition) is 0. The van der Waals surface area contributed by atoms with Crippen molar-refractivity contribution < 1.29 is 35.1 Å². The molecule has 0 saturated heterocycles. The first kappa shape index (κ1) is 12.9. The van der Waals surface area contributed by atoms with Crippen LogP contribution in [-0.2, 0) is 0 Å². The Morgan fingerprint density at radius 2 is 0.923 bits per heavy atom. The van der Waals surface area contributed by atoms with Gasteiger partial charge in [-0.1, -0.05) is 0 Å². The van der Waals surface area contributed by atoms with Gasteiger partial charge in [-0.05, 0) is 0 Å².